The van der Waals surface area contributed by atoms with Crippen molar-refractivity contribution in [3.05, 3.63) is 29.8 Å². The maximum Gasteiger partial charge on any atom is 0.313 e. The highest BCUT2D eigenvalue weighted by molar-refractivity contribution is 7.99. The zero-order valence-corrected chi connectivity index (χ0v) is 13.9. The van der Waals surface area contributed by atoms with E-state index in [1.54, 1.807) is 6.07 Å². The van der Waals surface area contributed by atoms with Crippen molar-refractivity contribution in [2.24, 2.45) is 0 Å². The first-order chi connectivity index (χ1) is 11.0. The minimum absolute atomic E-state index is 0.0437. The van der Waals surface area contributed by atoms with E-state index >= 15 is 0 Å². The van der Waals surface area contributed by atoms with Crippen molar-refractivity contribution in [3.63, 3.8) is 0 Å². The quantitative estimate of drug-likeness (QED) is 0.608. The van der Waals surface area contributed by atoms with Crippen LogP contribution in [0.2, 0.25) is 0 Å². The molecule has 7 heteroatoms. The third-order valence-corrected chi connectivity index (χ3v) is 3.88. The third kappa shape index (κ3) is 8.87. The highest BCUT2D eigenvalue weighted by Gasteiger charge is 2.06. The molecule has 0 aliphatic rings. The number of nitrogens with one attached hydrogen (secondary N) is 2. The topological polar surface area (TPSA) is 95.5 Å². The van der Waals surface area contributed by atoms with Gasteiger partial charge in [0.1, 0.15) is 0 Å². The number of carboxylic acids is 1. The number of carboxylic acid groups (broad SMARTS) is 1. The summed E-state index contributed by atoms with van der Waals surface area (Å²) in [6.07, 6.45) is 1.13. The largest absolute Gasteiger partial charge is 0.481 e. The molecular formula is C16H22N2O4S. The molecule has 6 nitrogen and oxygen atoms in total. The van der Waals surface area contributed by atoms with Crippen molar-refractivity contribution in [2.45, 2.75) is 31.9 Å². The van der Waals surface area contributed by atoms with Crippen LogP contribution in [0.3, 0.4) is 0 Å². The van der Waals surface area contributed by atoms with Crippen LogP contribution < -0.4 is 10.6 Å². The third-order valence-electron chi connectivity index (χ3n) is 2.89. The monoisotopic (exact) mass is 338 g/mol. The Morgan fingerprint density at radius 2 is 1.91 bits per heavy atom. The Morgan fingerprint density at radius 3 is 2.61 bits per heavy atom. The summed E-state index contributed by atoms with van der Waals surface area (Å²) in [6.45, 7) is 2.45. The number of hydrogen-bond acceptors (Lipinski definition) is 4. The van der Waals surface area contributed by atoms with Crippen LogP contribution in [0.1, 0.15) is 31.7 Å². The lowest BCUT2D eigenvalue weighted by Crippen LogP contribution is -2.22. The summed E-state index contributed by atoms with van der Waals surface area (Å²) < 4.78 is 0. The van der Waals surface area contributed by atoms with Gasteiger partial charge in [0.25, 0.3) is 0 Å². The standard InChI is InChI=1S/C16H22N2O4S/c1-2-17-14(19)7-4-8-15(20)18-13-6-3-5-12(9-13)10-23-11-16(21)22/h3,5-6,9H,2,4,7-8,10-11H2,1H3,(H,17,19)(H,18,20)(H,21,22). The van der Waals surface area contributed by atoms with Gasteiger partial charge in [-0.15, -0.1) is 11.8 Å². The zero-order valence-electron chi connectivity index (χ0n) is 13.1. The number of rotatable bonds is 10. The molecule has 0 heterocycles. The lowest BCUT2D eigenvalue weighted by atomic mass is 10.2. The highest BCUT2D eigenvalue weighted by atomic mass is 32.2. The van der Waals surface area contributed by atoms with Gasteiger partial charge in [0.15, 0.2) is 0 Å². The van der Waals surface area contributed by atoms with Crippen LogP contribution >= 0.6 is 11.8 Å². The summed E-state index contributed by atoms with van der Waals surface area (Å²) in [6, 6.07) is 7.32. The molecule has 0 fully saturated rings. The summed E-state index contributed by atoms with van der Waals surface area (Å²) in [4.78, 5) is 33.6. The van der Waals surface area contributed by atoms with E-state index in [0.717, 1.165) is 5.56 Å². The number of carbonyl (C=O) groups excluding carboxylic acids is 2. The van der Waals surface area contributed by atoms with E-state index in [0.29, 0.717) is 30.8 Å². The van der Waals surface area contributed by atoms with Gasteiger partial charge in [-0.2, -0.15) is 0 Å². The molecule has 0 unspecified atom stereocenters. The van der Waals surface area contributed by atoms with Crippen molar-refractivity contribution in [3.8, 4) is 0 Å². The lowest BCUT2D eigenvalue weighted by Gasteiger charge is -2.07. The van der Waals surface area contributed by atoms with Crippen molar-refractivity contribution in [2.75, 3.05) is 17.6 Å². The number of carbonyl (C=O) groups is 3. The maximum atomic E-state index is 11.8. The second-order valence-corrected chi connectivity index (χ2v) is 5.93. The van der Waals surface area contributed by atoms with E-state index in [4.69, 9.17) is 5.11 Å². The molecule has 0 bridgehead atoms. The van der Waals surface area contributed by atoms with E-state index in [2.05, 4.69) is 10.6 Å². The summed E-state index contributed by atoms with van der Waals surface area (Å²) in [5.74, 6) is -0.391. The molecular weight excluding hydrogens is 316 g/mol. The molecule has 0 aromatic heterocycles. The Balaban J connectivity index is 2.36. The zero-order chi connectivity index (χ0) is 17.1. The first-order valence-corrected chi connectivity index (χ1v) is 8.61. The molecule has 0 aliphatic heterocycles. The van der Waals surface area contributed by atoms with Crippen molar-refractivity contribution in [1.82, 2.24) is 5.32 Å². The van der Waals surface area contributed by atoms with Crippen LogP contribution in [-0.2, 0) is 20.1 Å². The summed E-state index contributed by atoms with van der Waals surface area (Å²) in [5.41, 5.74) is 1.64. The molecule has 0 saturated heterocycles. The van der Waals surface area contributed by atoms with Gasteiger partial charge in [-0.1, -0.05) is 12.1 Å². The van der Waals surface area contributed by atoms with Gasteiger partial charge in [-0.05, 0) is 31.0 Å². The summed E-state index contributed by atoms with van der Waals surface area (Å²) >= 11 is 1.31. The van der Waals surface area contributed by atoms with Crippen LogP contribution in [0, 0.1) is 0 Å². The molecule has 0 saturated carbocycles. The van der Waals surface area contributed by atoms with Crippen molar-refractivity contribution in [1.29, 1.82) is 0 Å². The van der Waals surface area contributed by atoms with Gasteiger partial charge in [0.2, 0.25) is 11.8 Å². The normalized spacial score (nSPS) is 10.1. The Labute approximate surface area is 140 Å². The lowest BCUT2D eigenvalue weighted by molar-refractivity contribution is -0.134. The van der Waals surface area contributed by atoms with Crippen molar-refractivity contribution < 1.29 is 19.5 Å². The molecule has 1 aromatic rings. The molecule has 3 N–H and O–H groups in total. The SMILES string of the molecule is CCNC(=O)CCCC(=O)Nc1cccc(CSCC(=O)O)c1. The fourth-order valence-corrected chi connectivity index (χ4v) is 2.61. The predicted molar refractivity (Wildman–Crippen MR) is 91.4 cm³/mol. The van der Waals surface area contributed by atoms with Gasteiger partial charge in [-0.25, -0.2) is 0 Å². The first kappa shape index (κ1) is 19.0. The fraction of sp³-hybridized carbons (Fsp3) is 0.438. The average molecular weight is 338 g/mol. The maximum absolute atomic E-state index is 11.8. The molecule has 1 rings (SSSR count). The van der Waals surface area contributed by atoms with Crippen LogP contribution in [-0.4, -0.2) is 35.2 Å². The average Bonchev–Trinajstić information content (AvgIpc) is 2.47. The van der Waals surface area contributed by atoms with E-state index in [1.807, 2.05) is 25.1 Å². The number of thioether (sulfide) groups is 1. The molecule has 1 aromatic carbocycles. The molecule has 0 aliphatic carbocycles. The number of hydrogen-bond donors (Lipinski definition) is 3. The number of benzene rings is 1. The molecule has 0 radical (unpaired) electrons. The second kappa shape index (κ2) is 10.7. The molecule has 23 heavy (non-hydrogen) atoms. The van der Waals surface area contributed by atoms with Crippen LogP contribution in [0.25, 0.3) is 0 Å². The molecule has 0 spiro atoms. The van der Waals surface area contributed by atoms with Crippen molar-refractivity contribution >= 4 is 35.2 Å². The Morgan fingerprint density at radius 1 is 1.17 bits per heavy atom. The van der Waals surface area contributed by atoms with Crippen LogP contribution in [0.5, 0.6) is 0 Å². The summed E-state index contributed by atoms with van der Waals surface area (Å²) in [5, 5.41) is 14.1. The van der Waals surface area contributed by atoms with E-state index < -0.39 is 5.97 Å². The van der Waals surface area contributed by atoms with E-state index in [1.165, 1.54) is 11.8 Å². The molecule has 0 atom stereocenters. The highest BCUT2D eigenvalue weighted by Crippen LogP contribution is 2.17. The van der Waals surface area contributed by atoms with Gasteiger partial charge in [-0.3, -0.25) is 14.4 Å². The number of anilines is 1. The number of aliphatic carboxylic acids is 1. The Bertz CT molecular complexity index is 549. The Hall–Kier alpha value is -2.02. The van der Waals surface area contributed by atoms with Crippen LogP contribution in [0.15, 0.2) is 24.3 Å². The second-order valence-electron chi connectivity index (χ2n) is 4.94. The molecule has 126 valence electrons. The first-order valence-electron chi connectivity index (χ1n) is 7.46. The van der Waals surface area contributed by atoms with Crippen LogP contribution in [0.4, 0.5) is 5.69 Å². The minimum atomic E-state index is -0.841. The van der Waals surface area contributed by atoms with Gasteiger partial charge < -0.3 is 15.7 Å². The predicted octanol–water partition coefficient (Wildman–Crippen LogP) is 2.25. The van der Waals surface area contributed by atoms with E-state index in [9.17, 15) is 14.4 Å². The smallest absolute Gasteiger partial charge is 0.313 e. The number of amides is 2. The fourth-order valence-electron chi connectivity index (χ4n) is 1.91. The van der Waals surface area contributed by atoms with Gasteiger partial charge >= 0.3 is 5.97 Å². The van der Waals surface area contributed by atoms with E-state index in [-0.39, 0.29) is 24.0 Å². The Kier molecular flexibility index (Phi) is 8.82. The van der Waals surface area contributed by atoms with Gasteiger partial charge in [0.05, 0.1) is 5.75 Å². The molecule has 2 amide bonds. The minimum Gasteiger partial charge on any atom is -0.481 e. The van der Waals surface area contributed by atoms with Gasteiger partial charge in [0, 0.05) is 30.8 Å². The summed E-state index contributed by atoms with van der Waals surface area (Å²) in [7, 11) is 0.